The minimum atomic E-state index is 0.281. The Kier molecular flexibility index (Phi) is 5.34. The highest BCUT2D eigenvalue weighted by molar-refractivity contribution is 6.36. The standard InChI is InChI=1S/C19H19Cl2O2/c1-22-18-10-9-13(11-15-16(20)7-4-8-17(15)21)12-19(18)23-14-5-2-3-6-14/h4,7-12,14H,2-3,5-6H2,1H3. The Balaban J connectivity index is 1.85. The van der Waals surface area contributed by atoms with Gasteiger partial charge in [0, 0.05) is 16.5 Å². The van der Waals surface area contributed by atoms with Crippen LogP contribution in [-0.2, 0) is 0 Å². The molecule has 0 saturated heterocycles. The zero-order chi connectivity index (χ0) is 16.2. The van der Waals surface area contributed by atoms with Gasteiger partial charge in [0.15, 0.2) is 11.5 Å². The van der Waals surface area contributed by atoms with Crippen molar-refractivity contribution in [3.63, 3.8) is 0 Å². The normalized spacial score (nSPS) is 14.9. The molecule has 0 aromatic heterocycles. The number of methoxy groups -OCH3 is 1. The van der Waals surface area contributed by atoms with Crippen LogP contribution in [0.2, 0.25) is 10.0 Å². The van der Waals surface area contributed by atoms with Gasteiger partial charge in [-0.2, -0.15) is 0 Å². The van der Waals surface area contributed by atoms with E-state index in [4.69, 9.17) is 32.7 Å². The molecule has 121 valence electrons. The first-order valence-corrected chi connectivity index (χ1v) is 8.56. The molecule has 0 heterocycles. The molecule has 23 heavy (non-hydrogen) atoms. The molecule has 1 saturated carbocycles. The third-order valence-electron chi connectivity index (χ3n) is 4.09. The van der Waals surface area contributed by atoms with Crippen LogP contribution in [0.3, 0.4) is 0 Å². The number of ether oxygens (including phenoxy) is 2. The number of hydrogen-bond acceptors (Lipinski definition) is 2. The van der Waals surface area contributed by atoms with E-state index in [9.17, 15) is 0 Å². The Morgan fingerprint density at radius 2 is 1.70 bits per heavy atom. The zero-order valence-electron chi connectivity index (χ0n) is 13.0. The van der Waals surface area contributed by atoms with Gasteiger partial charge in [-0.15, -0.1) is 0 Å². The molecule has 2 aromatic rings. The van der Waals surface area contributed by atoms with Crippen LogP contribution in [0.1, 0.15) is 36.8 Å². The Labute approximate surface area is 147 Å². The molecule has 0 atom stereocenters. The Morgan fingerprint density at radius 3 is 2.35 bits per heavy atom. The lowest BCUT2D eigenvalue weighted by atomic mass is 10.0. The molecule has 0 N–H and O–H groups in total. The van der Waals surface area contributed by atoms with Crippen molar-refractivity contribution < 1.29 is 9.47 Å². The summed E-state index contributed by atoms with van der Waals surface area (Å²) in [6, 6.07) is 11.4. The molecule has 2 aromatic carbocycles. The van der Waals surface area contributed by atoms with Crippen molar-refractivity contribution in [1.29, 1.82) is 0 Å². The highest BCUT2D eigenvalue weighted by Gasteiger charge is 2.19. The van der Waals surface area contributed by atoms with E-state index in [0.29, 0.717) is 10.0 Å². The summed E-state index contributed by atoms with van der Waals surface area (Å²) in [4.78, 5) is 0. The molecule has 0 aliphatic heterocycles. The van der Waals surface area contributed by atoms with Crippen molar-refractivity contribution in [2.45, 2.75) is 31.8 Å². The SMILES string of the molecule is COc1ccc([CH]c2c(Cl)cccc2Cl)cc1OC1CCCC1. The van der Waals surface area contributed by atoms with Crippen LogP contribution < -0.4 is 9.47 Å². The second kappa shape index (κ2) is 7.46. The highest BCUT2D eigenvalue weighted by atomic mass is 35.5. The van der Waals surface area contributed by atoms with Crippen molar-refractivity contribution in [3.8, 4) is 11.5 Å². The van der Waals surface area contributed by atoms with E-state index in [1.807, 2.05) is 42.8 Å². The maximum absolute atomic E-state index is 6.24. The van der Waals surface area contributed by atoms with Crippen LogP contribution in [0.25, 0.3) is 0 Å². The van der Waals surface area contributed by atoms with E-state index < -0.39 is 0 Å². The maximum Gasteiger partial charge on any atom is 0.161 e. The summed E-state index contributed by atoms with van der Waals surface area (Å²) in [6.45, 7) is 0. The predicted molar refractivity (Wildman–Crippen MR) is 94.8 cm³/mol. The first kappa shape index (κ1) is 16.5. The van der Waals surface area contributed by atoms with Gasteiger partial charge < -0.3 is 9.47 Å². The van der Waals surface area contributed by atoms with Gasteiger partial charge in [0.05, 0.1) is 13.2 Å². The van der Waals surface area contributed by atoms with Crippen LogP contribution in [0, 0.1) is 6.42 Å². The average molecular weight is 350 g/mol. The van der Waals surface area contributed by atoms with E-state index in [1.165, 1.54) is 12.8 Å². The van der Waals surface area contributed by atoms with Gasteiger partial charge in [-0.1, -0.05) is 35.3 Å². The summed E-state index contributed by atoms with van der Waals surface area (Å²) in [5, 5.41) is 1.26. The van der Waals surface area contributed by atoms with Gasteiger partial charge in [-0.3, -0.25) is 0 Å². The molecule has 1 fully saturated rings. The second-order valence-electron chi connectivity index (χ2n) is 5.71. The van der Waals surface area contributed by atoms with Crippen LogP contribution in [0.4, 0.5) is 0 Å². The molecule has 0 spiro atoms. The highest BCUT2D eigenvalue weighted by Crippen LogP contribution is 2.35. The van der Waals surface area contributed by atoms with E-state index in [2.05, 4.69) is 0 Å². The molecule has 0 unspecified atom stereocenters. The summed E-state index contributed by atoms with van der Waals surface area (Å²) >= 11 is 12.5. The largest absolute Gasteiger partial charge is 0.493 e. The minimum absolute atomic E-state index is 0.281. The van der Waals surface area contributed by atoms with Gasteiger partial charge in [-0.05, 0) is 61.1 Å². The predicted octanol–water partition coefficient (Wildman–Crippen LogP) is 5.92. The van der Waals surface area contributed by atoms with Gasteiger partial charge >= 0.3 is 0 Å². The molecule has 4 heteroatoms. The molecule has 0 bridgehead atoms. The maximum atomic E-state index is 6.24. The fraction of sp³-hybridized carbons (Fsp3) is 0.316. The van der Waals surface area contributed by atoms with Crippen LogP contribution in [0.15, 0.2) is 36.4 Å². The minimum Gasteiger partial charge on any atom is -0.493 e. The monoisotopic (exact) mass is 349 g/mol. The van der Waals surface area contributed by atoms with Crippen molar-refractivity contribution in [3.05, 3.63) is 64.0 Å². The topological polar surface area (TPSA) is 18.5 Å². The lowest BCUT2D eigenvalue weighted by Gasteiger charge is -2.17. The smallest absolute Gasteiger partial charge is 0.161 e. The lowest BCUT2D eigenvalue weighted by molar-refractivity contribution is 0.200. The zero-order valence-corrected chi connectivity index (χ0v) is 14.5. The Hall–Kier alpha value is -1.38. The van der Waals surface area contributed by atoms with Crippen molar-refractivity contribution in [2.75, 3.05) is 7.11 Å². The van der Waals surface area contributed by atoms with Crippen molar-refractivity contribution in [2.24, 2.45) is 0 Å². The summed E-state index contributed by atoms with van der Waals surface area (Å²) < 4.78 is 11.5. The molecular weight excluding hydrogens is 331 g/mol. The summed E-state index contributed by atoms with van der Waals surface area (Å²) in [6.07, 6.45) is 6.91. The summed E-state index contributed by atoms with van der Waals surface area (Å²) in [7, 11) is 1.66. The molecule has 1 aliphatic rings. The molecule has 2 nitrogen and oxygen atoms in total. The van der Waals surface area contributed by atoms with Crippen LogP contribution >= 0.6 is 23.2 Å². The van der Waals surface area contributed by atoms with E-state index in [-0.39, 0.29) is 6.10 Å². The van der Waals surface area contributed by atoms with Crippen molar-refractivity contribution in [1.82, 2.24) is 0 Å². The van der Waals surface area contributed by atoms with E-state index in [0.717, 1.165) is 35.5 Å². The number of hydrogen-bond donors (Lipinski definition) is 0. The first-order valence-electron chi connectivity index (χ1n) is 7.81. The molecule has 1 radical (unpaired) electrons. The summed E-state index contributed by atoms with van der Waals surface area (Å²) in [5.74, 6) is 1.52. The molecular formula is C19H19Cl2O2. The van der Waals surface area contributed by atoms with Crippen LogP contribution in [-0.4, -0.2) is 13.2 Å². The number of rotatable bonds is 5. The third kappa shape index (κ3) is 3.94. The molecule has 3 rings (SSSR count). The van der Waals surface area contributed by atoms with E-state index >= 15 is 0 Å². The van der Waals surface area contributed by atoms with Gasteiger partial charge in [0.1, 0.15) is 0 Å². The molecule has 0 amide bonds. The lowest BCUT2D eigenvalue weighted by Crippen LogP contribution is -2.11. The van der Waals surface area contributed by atoms with Gasteiger partial charge in [0.2, 0.25) is 0 Å². The van der Waals surface area contributed by atoms with Crippen molar-refractivity contribution >= 4 is 23.2 Å². The van der Waals surface area contributed by atoms with Gasteiger partial charge in [-0.25, -0.2) is 0 Å². The second-order valence-corrected chi connectivity index (χ2v) is 6.53. The molecule has 1 aliphatic carbocycles. The third-order valence-corrected chi connectivity index (χ3v) is 4.75. The van der Waals surface area contributed by atoms with Crippen LogP contribution in [0.5, 0.6) is 11.5 Å². The fourth-order valence-electron chi connectivity index (χ4n) is 2.88. The quantitative estimate of drug-likeness (QED) is 0.666. The van der Waals surface area contributed by atoms with Gasteiger partial charge in [0.25, 0.3) is 0 Å². The Bertz CT molecular complexity index is 659. The summed E-state index contributed by atoms with van der Waals surface area (Å²) in [5.41, 5.74) is 1.79. The van der Waals surface area contributed by atoms with E-state index in [1.54, 1.807) is 7.11 Å². The Morgan fingerprint density at radius 1 is 1.00 bits per heavy atom. The number of benzene rings is 2. The first-order chi connectivity index (χ1) is 11.2. The average Bonchev–Trinajstić information content (AvgIpc) is 3.04. The number of halogens is 2. The fourth-order valence-corrected chi connectivity index (χ4v) is 3.38.